The minimum absolute atomic E-state index is 0.685. The predicted octanol–water partition coefficient (Wildman–Crippen LogP) is 1.29. The maximum absolute atomic E-state index is 4.82. The summed E-state index contributed by atoms with van der Waals surface area (Å²) in [5, 5.41) is 16.3. The van der Waals surface area contributed by atoms with Gasteiger partial charge < -0.3 is 4.90 Å². The van der Waals surface area contributed by atoms with Crippen molar-refractivity contribution < 1.29 is 0 Å². The Hall–Kier alpha value is -2.35. The van der Waals surface area contributed by atoms with Gasteiger partial charge in [-0.2, -0.15) is 5.10 Å². The van der Waals surface area contributed by atoms with E-state index in [-0.39, 0.29) is 0 Å². The number of pyridine rings is 1. The minimum atomic E-state index is 0.685. The second-order valence-electron chi connectivity index (χ2n) is 6.52. The van der Waals surface area contributed by atoms with Gasteiger partial charge in [-0.05, 0) is 68.4 Å². The van der Waals surface area contributed by atoms with E-state index in [1.807, 2.05) is 23.0 Å². The lowest BCUT2D eigenvalue weighted by molar-refractivity contribution is 0.217. The van der Waals surface area contributed by atoms with Crippen molar-refractivity contribution >= 4 is 5.65 Å². The number of likely N-dealkylation sites (tertiary alicyclic amines) is 1. The third kappa shape index (κ3) is 2.89. The maximum atomic E-state index is 4.82. The van der Waals surface area contributed by atoms with Crippen molar-refractivity contribution in [2.24, 2.45) is 5.92 Å². The molecule has 0 spiro atoms. The van der Waals surface area contributed by atoms with Gasteiger partial charge in [-0.15, -0.1) is 5.10 Å². The summed E-state index contributed by atoms with van der Waals surface area (Å²) < 4.78 is 3.62. The fraction of sp³-hybridized carbons (Fsp3) is 0.562. The van der Waals surface area contributed by atoms with Gasteiger partial charge in [0.15, 0.2) is 17.3 Å². The second-order valence-corrected chi connectivity index (χ2v) is 6.52. The summed E-state index contributed by atoms with van der Waals surface area (Å²) in [5.41, 5.74) is 1.72. The third-order valence-corrected chi connectivity index (χ3v) is 4.78. The third-order valence-electron chi connectivity index (χ3n) is 4.78. The Balaban J connectivity index is 1.60. The quantitative estimate of drug-likeness (QED) is 0.719. The maximum Gasteiger partial charge on any atom is 0.179 e. The Morgan fingerprint density at radius 2 is 2.08 bits per heavy atom. The first kappa shape index (κ1) is 15.2. The van der Waals surface area contributed by atoms with Crippen molar-refractivity contribution in [1.29, 1.82) is 0 Å². The Morgan fingerprint density at radius 3 is 2.88 bits per heavy atom. The number of aromatic nitrogens is 7. The van der Waals surface area contributed by atoms with Gasteiger partial charge >= 0.3 is 0 Å². The van der Waals surface area contributed by atoms with E-state index < -0.39 is 0 Å². The van der Waals surface area contributed by atoms with Gasteiger partial charge in [0.25, 0.3) is 0 Å². The van der Waals surface area contributed by atoms with Crippen molar-refractivity contribution in [2.75, 3.05) is 20.1 Å². The summed E-state index contributed by atoms with van der Waals surface area (Å²) in [6, 6.07) is 3.94. The van der Waals surface area contributed by atoms with Crippen LogP contribution in [-0.2, 0) is 13.0 Å². The summed E-state index contributed by atoms with van der Waals surface area (Å²) in [4.78, 5) is 7.21. The van der Waals surface area contributed by atoms with E-state index in [0.717, 1.165) is 35.8 Å². The van der Waals surface area contributed by atoms with Crippen LogP contribution in [-0.4, -0.2) is 59.8 Å². The van der Waals surface area contributed by atoms with Crippen LogP contribution in [0.1, 0.15) is 25.6 Å². The van der Waals surface area contributed by atoms with Crippen molar-refractivity contribution in [2.45, 2.75) is 32.7 Å². The van der Waals surface area contributed by atoms with Gasteiger partial charge in [0.05, 0.1) is 0 Å². The highest BCUT2D eigenvalue weighted by atomic mass is 15.5. The molecule has 0 aromatic carbocycles. The summed E-state index contributed by atoms with van der Waals surface area (Å²) >= 11 is 0. The molecule has 8 nitrogen and oxygen atoms in total. The normalized spacial score (nSPS) is 16.9. The molecule has 0 bridgehead atoms. The molecule has 1 fully saturated rings. The monoisotopic (exact) mass is 326 g/mol. The number of hydrogen-bond acceptors (Lipinski definition) is 6. The summed E-state index contributed by atoms with van der Waals surface area (Å²) in [7, 11) is 2.19. The van der Waals surface area contributed by atoms with Gasteiger partial charge in [0, 0.05) is 24.7 Å². The number of hydrogen-bond donors (Lipinski definition) is 0. The smallest absolute Gasteiger partial charge is 0.179 e. The lowest BCUT2D eigenvalue weighted by Crippen LogP contribution is -2.31. The zero-order valence-electron chi connectivity index (χ0n) is 14.1. The largest absolute Gasteiger partial charge is 0.306 e. The van der Waals surface area contributed by atoms with E-state index in [9.17, 15) is 0 Å². The van der Waals surface area contributed by atoms with Gasteiger partial charge in [-0.1, -0.05) is 0 Å². The SMILES string of the molecule is CCn1nc(CC2CCN(C)CC2)nc1-c1ccn2nnnc2c1. The standard InChI is InChI=1S/C16H22N8/c1-3-23-16(13-6-9-24-15(11-13)18-20-21-24)17-14(19-23)10-12-4-7-22(2)8-5-12/h6,9,11-12H,3-5,7-8,10H2,1-2H3. The predicted molar refractivity (Wildman–Crippen MR) is 89.4 cm³/mol. The minimum Gasteiger partial charge on any atom is -0.306 e. The van der Waals surface area contributed by atoms with E-state index in [1.165, 1.54) is 25.9 Å². The molecule has 0 N–H and O–H groups in total. The molecular formula is C16H22N8. The summed E-state index contributed by atoms with van der Waals surface area (Å²) in [5.74, 6) is 2.52. The van der Waals surface area contributed by atoms with Gasteiger partial charge in [-0.3, -0.25) is 0 Å². The first-order valence-corrected chi connectivity index (χ1v) is 8.53. The van der Waals surface area contributed by atoms with E-state index >= 15 is 0 Å². The highest BCUT2D eigenvalue weighted by Crippen LogP contribution is 2.23. The van der Waals surface area contributed by atoms with Crippen LogP contribution < -0.4 is 0 Å². The van der Waals surface area contributed by atoms with Gasteiger partial charge in [-0.25, -0.2) is 14.2 Å². The van der Waals surface area contributed by atoms with Crippen LogP contribution in [0.25, 0.3) is 17.0 Å². The molecule has 0 amide bonds. The molecule has 0 atom stereocenters. The molecule has 3 aromatic heterocycles. The van der Waals surface area contributed by atoms with E-state index in [1.54, 1.807) is 4.52 Å². The van der Waals surface area contributed by atoms with E-state index in [2.05, 4.69) is 34.4 Å². The molecule has 0 radical (unpaired) electrons. The molecular weight excluding hydrogens is 304 g/mol. The molecule has 0 unspecified atom stereocenters. The molecule has 1 saturated heterocycles. The number of nitrogens with zero attached hydrogens (tertiary/aromatic N) is 8. The fourth-order valence-electron chi connectivity index (χ4n) is 3.31. The molecule has 4 rings (SSSR count). The van der Waals surface area contributed by atoms with Crippen molar-refractivity contribution in [3.63, 3.8) is 0 Å². The van der Waals surface area contributed by atoms with Crippen molar-refractivity contribution in [3.8, 4) is 11.4 Å². The average molecular weight is 326 g/mol. The average Bonchev–Trinajstić information content (AvgIpc) is 3.22. The Morgan fingerprint density at radius 1 is 1.25 bits per heavy atom. The molecule has 1 aliphatic heterocycles. The fourth-order valence-corrected chi connectivity index (χ4v) is 3.31. The molecule has 3 aromatic rings. The summed E-state index contributed by atoms with van der Waals surface area (Å²) in [6.45, 7) is 5.23. The topological polar surface area (TPSA) is 77.0 Å². The van der Waals surface area contributed by atoms with Crippen molar-refractivity contribution in [1.82, 2.24) is 39.7 Å². The van der Waals surface area contributed by atoms with Crippen LogP contribution in [0, 0.1) is 5.92 Å². The molecule has 4 heterocycles. The summed E-state index contributed by atoms with van der Waals surface area (Å²) in [6.07, 6.45) is 5.27. The van der Waals surface area contributed by atoms with Gasteiger partial charge in [0.1, 0.15) is 0 Å². The van der Waals surface area contributed by atoms with Crippen LogP contribution in [0.2, 0.25) is 0 Å². The van der Waals surface area contributed by atoms with E-state index in [0.29, 0.717) is 5.92 Å². The van der Waals surface area contributed by atoms with Crippen LogP contribution in [0.15, 0.2) is 18.3 Å². The molecule has 0 saturated carbocycles. The molecule has 1 aliphatic rings. The number of rotatable bonds is 4. The number of fused-ring (bicyclic) bond motifs is 1. The Bertz CT molecular complexity index is 828. The molecule has 8 heteroatoms. The molecule has 126 valence electrons. The zero-order chi connectivity index (χ0) is 16.5. The van der Waals surface area contributed by atoms with Crippen LogP contribution in [0.3, 0.4) is 0 Å². The molecule has 24 heavy (non-hydrogen) atoms. The van der Waals surface area contributed by atoms with E-state index in [4.69, 9.17) is 10.1 Å². The Labute approximate surface area is 140 Å². The molecule has 0 aliphatic carbocycles. The van der Waals surface area contributed by atoms with Crippen molar-refractivity contribution in [3.05, 3.63) is 24.2 Å². The Kier molecular flexibility index (Phi) is 3.97. The van der Waals surface area contributed by atoms with Crippen LogP contribution in [0.4, 0.5) is 0 Å². The highest BCUT2D eigenvalue weighted by Gasteiger charge is 2.20. The van der Waals surface area contributed by atoms with Crippen LogP contribution >= 0.6 is 0 Å². The highest BCUT2D eigenvalue weighted by molar-refractivity contribution is 5.60. The number of tetrazole rings is 1. The first-order chi connectivity index (χ1) is 11.7. The zero-order valence-corrected chi connectivity index (χ0v) is 14.1. The lowest BCUT2D eigenvalue weighted by atomic mass is 9.94. The number of piperidine rings is 1. The second kappa shape index (κ2) is 6.27. The van der Waals surface area contributed by atoms with Crippen LogP contribution in [0.5, 0.6) is 0 Å². The number of aryl methyl sites for hydroxylation is 1. The van der Waals surface area contributed by atoms with Gasteiger partial charge in [0.2, 0.25) is 0 Å². The first-order valence-electron chi connectivity index (χ1n) is 8.53. The lowest BCUT2D eigenvalue weighted by Gasteiger charge is -2.28.